The zero-order valence-electron chi connectivity index (χ0n) is 9.83. The molecule has 0 aromatic rings. The number of carbonyl (C=O) groups is 2. The van der Waals surface area contributed by atoms with Crippen molar-refractivity contribution in [1.82, 2.24) is 10.6 Å². The Morgan fingerprint density at radius 3 is 2.44 bits per heavy atom. The van der Waals surface area contributed by atoms with Crippen molar-refractivity contribution in [2.24, 2.45) is 0 Å². The first-order valence-corrected chi connectivity index (χ1v) is 5.20. The maximum Gasteiger partial charge on any atom is 0.331 e. The zero-order chi connectivity index (χ0) is 11.5. The van der Waals surface area contributed by atoms with Crippen LogP contribution >= 0.6 is 12.4 Å². The van der Waals surface area contributed by atoms with Crippen LogP contribution in [0.1, 0.15) is 27.2 Å². The number of rotatable bonds is 4. The average molecular weight is 251 g/mol. The van der Waals surface area contributed by atoms with Gasteiger partial charge in [-0.25, -0.2) is 4.79 Å². The molecule has 0 aromatic carbocycles. The fraction of sp³-hybridized carbons (Fsp3) is 0.800. The van der Waals surface area contributed by atoms with Gasteiger partial charge in [0, 0.05) is 0 Å². The second-order valence-corrected chi connectivity index (χ2v) is 4.13. The second-order valence-electron chi connectivity index (χ2n) is 4.13. The van der Waals surface area contributed by atoms with Crippen LogP contribution in [0.5, 0.6) is 0 Å². The van der Waals surface area contributed by atoms with E-state index in [4.69, 9.17) is 4.74 Å². The van der Waals surface area contributed by atoms with Gasteiger partial charge in [-0.3, -0.25) is 4.79 Å². The summed E-state index contributed by atoms with van der Waals surface area (Å²) < 4.78 is 4.86. The fourth-order valence-electron chi connectivity index (χ4n) is 1.27. The van der Waals surface area contributed by atoms with Gasteiger partial charge in [0.05, 0.1) is 12.6 Å². The van der Waals surface area contributed by atoms with Crippen LogP contribution in [-0.4, -0.2) is 36.6 Å². The van der Waals surface area contributed by atoms with Crippen LogP contribution in [0.2, 0.25) is 0 Å². The summed E-state index contributed by atoms with van der Waals surface area (Å²) in [5.41, 5.74) is -0.954. The number of amides is 1. The van der Waals surface area contributed by atoms with Crippen molar-refractivity contribution in [2.45, 2.75) is 38.8 Å². The van der Waals surface area contributed by atoms with E-state index in [1.165, 1.54) is 0 Å². The lowest BCUT2D eigenvalue weighted by Gasteiger charge is -2.31. The predicted molar refractivity (Wildman–Crippen MR) is 62.5 cm³/mol. The van der Waals surface area contributed by atoms with Crippen LogP contribution in [0.3, 0.4) is 0 Å². The summed E-state index contributed by atoms with van der Waals surface area (Å²) in [6, 6.07) is -0.154. The average Bonchev–Trinajstić information content (AvgIpc) is 1.99. The minimum Gasteiger partial charge on any atom is -0.464 e. The molecule has 1 aliphatic heterocycles. The Balaban J connectivity index is 0.00000225. The van der Waals surface area contributed by atoms with Crippen molar-refractivity contribution in [3.63, 3.8) is 0 Å². The van der Waals surface area contributed by atoms with E-state index < -0.39 is 11.5 Å². The molecule has 1 rings (SSSR count). The molecule has 5 nitrogen and oxygen atoms in total. The van der Waals surface area contributed by atoms with E-state index >= 15 is 0 Å². The van der Waals surface area contributed by atoms with Gasteiger partial charge in [-0.05, 0) is 33.7 Å². The Hall–Kier alpha value is -0.810. The van der Waals surface area contributed by atoms with Crippen molar-refractivity contribution in [1.29, 1.82) is 0 Å². The molecule has 0 saturated carbocycles. The van der Waals surface area contributed by atoms with Crippen molar-refractivity contribution in [3.05, 3.63) is 0 Å². The largest absolute Gasteiger partial charge is 0.464 e. The van der Waals surface area contributed by atoms with Gasteiger partial charge in [0.1, 0.15) is 5.54 Å². The lowest BCUT2D eigenvalue weighted by molar-refractivity contribution is -0.152. The van der Waals surface area contributed by atoms with Crippen LogP contribution in [0.25, 0.3) is 0 Å². The lowest BCUT2D eigenvalue weighted by Crippen LogP contribution is -2.60. The summed E-state index contributed by atoms with van der Waals surface area (Å²) >= 11 is 0. The van der Waals surface area contributed by atoms with Crippen LogP contribution in [0.4, 0.5) is 0 Å². The van der Waals surface area contributed by atoms with E-state index in [0.717, 1.165) is 13.0 Å². The molecule has 1 amide bonds. The molecule has 2 N–H and O–H groups in total. The number of hydrogen-bond donors (Lipinski definition) is 2. The number of halogens is 1. The molecular formula is C10H19ClN2O3. The van der Waals surface area contributed by atoms with E-state index in [2.05, 4.69) is 10.6 Å². The minimum absolute atomic E-state index is 0. The van der Waals surface area contributed by atoms with Crippen LogP contribution in [0.15, 0.2) is 0 Å². The summed E-state index contributed by atoms with van der Waals surface area (Å²) in [5, 5.41) is 5.64. The van der Waals surface area contributed by atoms with Crippen LogP contribution in [0, 0.1) is 0 Å². The first kappa shape index (κ1) is 15.2. The predicted octanol–water partition coefficient (Wildman–Crippen LogP) is 0.228. The zero-order valence-corrected chi connectivity index (χ0v) is 10.6. The molecule has 0 spiro atoms. The third kappa shape index (κ3) is 3.64. The molecule has 1 saturated heterocycles. The van der Waals surface area contributed by atoms with Crippen LogP contribution < -0.4 is 10.6 Å². The first-order chi connectivity index (χ1) is 6.97. The Bertz CT molecular complexity index is 265. The quantitative estimate of drug-likeness (QED) is 0.701. The Kier molecular flexibility index (Phi) is 5.75. The van der Waals surface area contributed by atoms with Crippen molar-refractivity contribution in [2.75, 3.05) is 13.2 Å². The van der Waals surface area contributed by atoms with E-state index in [1.54, 1.807) is 20.8 Å². The monoisotopic (exact) mass is 250 g/mol. The molecule has 1 heterocycles. The summed E-state index contributed by atoms with van der Waals surface area (Å²) in [4.78, 5) is 23.0. The summed E-state index contributed by atoms with van der Waals surface area (Å²) in [6.07, 6.45) is 0.824. The third-order valence-corrected chi connectivity index (χ3v) is 2.36. The molecule has 16 heavy (non-hydrogen) atoms. The molecular weight excluding hydrogens is 232 g/mol. The summed E-state index contributed by atoms with van der Waals surface area (Å²) in [6.45, 7) is 6.20. The number of esters is 1. The highest BCUT2D eigenvalue weighted by molar-refractivity contribution is 5.90. The van der Waals surface area contributed by atoms with Gasteiger partial charge in [-0.1, -0.05) is 0 Å². The molecule has 0 aliphatic carbocycles. The second kappa shape index (κ2) is 6.06. The maximum atomic E-state index is 11.6. The molecule has 1 atom stereocenters. The highest BCUT2D eigenvalue weighted by Crippen LogP contribution is 2.08. The number of nitrogens with one attached hydrogen (secondary N) is 2. The van der Waals surface area contributed by atoms with Gasteiger partial charge in [0.2, 0.25) is 5.91 Å². The molecule has 94 valence electrons. The van der Waals surface area contributed by atoms with E-state index in [9.17, 15) is 9.59 Å². The smallest absolute Gasteiger partial charge is 0.331 e. The topological polar surface area (TPSA) is 67.4 Å². The van der Waals surface area contributed by atoms with Gasteiger partial charge in [-0.2, -0.15) is 0 Å². The Morgan fingerprint density at radius 1 is 1.50 bits per heavy atom. The molecule has 0 unspecified atom stereocenters. The number of hydrogen-bond acceptors (Lipinski definition) is 4. The van der Waals surface area contributed by atoms with Crippen molar-refractivity contribution in [3.8, 4) is 0 Å². The highest BCUT2D eigenvalue weighted by atomic mass is 35.5. The van der Waals surface area contributed by atoms with Crippen molar-refractivity contribution >= 4 is 24.3 Å². The Morgan fingerprint density at radius 2 is 2.06 bits per heavy atom. The highest BCUT2D eigenvalue weighted by Gasteiger charge is 2.34. The lowest BCUT2D eigenvalue weighted by atomic mass is 10.0. The molecule has 0 radical (unpaired) electrons. The van der Waals surface area contributed by atoms with Crippen molar-refractivity contribution < 1.29 is 14.3 Å². The number of carbonyl (C=O) groups excluding carboxylic acids is 2. The fourth-order valence-corrected chi connectivity index (χ4v) is 1.27. The molecule has 0 bridgehead atoms. The number of ether oxygens (including phenoxy) is 1. The SMILES string of the molecule is CCOC(=O)C(C)(C)NC(=O)[C@H]1CCN1.Cl. The minimum atomic E-state index is -0.954. The third-order valence-electron chi connectivity index (χ3n) is 2.36. The van der Waals surface area contributed by atoms with Gasteiger partial charge >= 0.3 is 5.97 Å². The van der Waals surface area contributed by atoms with Gasteiger partial charge < -0.3 is 15.4 Å². The van der Waals surface area contributed by atoms with Gasteiger partial charge in [-0.15, -0.1) is 12.4 Å². The van der Waals surface area contributed by atoms with Gasteiger partial charge in [0.15, 0.2) is 0 Å². The molecule has 1 aliphatic rings. The first-order valence-electron chi connectivity index (χ1n) is 5.20. The van der Waals surface area contributed by atoms with Gasteiger partial charge in [0.25, 0.3) is 0 Å². The maximum absolute atomic E-state index is 11.6. The Labute approximate surface area is 102 Å². The van der Waals surface area contributed by atoms with E-state index in [-0.39, 0.29) is 24.4 Å². The van der Waals surface area contributed by atoms with E-state index in [1.807, 2.05) is 0 Å². The normalized spacial score (nSPS) is 19.1. The molecule has 6 heteroatoms. The molecule has 1 fully saturated rings. The summed E-state index contributed by atoms with van der Waals surface area (Å²) in [5.74, 6) is -0.544. The summed E-state index contributed by atoms with van der Waals surface area (Å²) in [7, 11) is 0. The standard InChI is InChI=1S/C10H18N2O3.ClH/c1-4-15-9(14)10(2,3)12-8(13)7-5-6-11-7;/h7,11H,4-6H2,1-3H3,(H,12,13);1H/t7-;/m1./s1. The van der Waals surface area contributed by atoms with E-state index in [0.29, 0.717) is 6.61 Å². The van der Waals surface area contributed by atoms with Crippen LogP contribution in [-0.2, 0) is 14.3 Å². The molecule has 0 aromatic heterocycles.